The van der Waals surface area contributed by atoms with Crippen LogP contribution >= 0.6 is 0 Å². The number of nitrogens with zero attached hydrogens (tertiary/aromatic N) is 2. The van der Waals surface area contributed by atoms with Crippen molar-refractivity contribution in [3.63, 3.8) is 0 Å². The van der Waals surface area contributed by atoms with E-state index in [9.17, 15) is 19.1 Å². The molecule has 1 aliphatic heterocycles. The Kier molecular flexibility index (Phi) is 5.48. The van der Waals surface area contributed by atoms with Gasteiger partial charge in [-0.2, -0.15) is 0 Å². The number of H-pyrrole nitrogens is 1. The van der Waals surface area contributed by atoms with Crippen molar-refractivity contribution >= 4 is 17.1 Å². The predicted molar refractivity (Wildman–Crippen MR) is 92.6 cm³/mol. The van der Waals surface area contributed by atoms with Gasteiger partial charge in [0.05, 0.1) is 17.1 Å². The van der Waals surface area contributed by atoms with Crippen molar-refractivity contribution in [1.82, 2.24) is 20.2 Å². The first-order valence-electron chi connectivity index (χ1n) is 8.48. The zero-order valence-corrected chi connectivity index (χ0v) is 14.1. The monoisotopic (exact) mass is 364 g/mol. The van der Waals surface area contributed by atoms with Gasteiger partial charge in [-0.15, -0.1) is 0 Å². The van der Waals surface area contributed by atoms with E-state index in [0.29, 0.717) is 49.2 Å². The number of aliphatic hydroxyl groups excluding tert-OH is 1. The molecule has 0 spiro atoms. The predicted octanol–water partition coefficient (Wildman–Crippen LogP) is 0.555. The van der Waals surface area contributed by atoms with Gasteiger partial charge in [-0.1, -0.05) is 0 Å². The van der Waals surface area contributed by atoms with Gasteiger partial charge in [0.25, 0.3) is 5.56 Å². The summed E-state index contributed by atoms with van der Waals surface area (Å²) in [6, 6.07) is 4.05. The second-order valence-corrected chi connectivity index (χ2v) is 6.53. The van der Waals surface area contributed by atoms with Crippen molar-refractivity contribution in [3.8, 4) is 0 Å². The number of aliphatic hydroxyl groups is 1. The van der Waals surface area contributed by atoms with E-state index in [1.807, 2.05) is 0 Å². The maximum atomic E-state index is 13.2. The van der Waals surface area contributed by atoms with E-state index in [4.69, 9.17) is 5.11 Å². The number of fused-ring (bicyclic) bond motifs is 1. The minimum absolute atomic E-state index is 0.188. The summed E-state index contributed by atoms with van der Waals surface area (Å²) < 4.78 is 13.2. The number of hydrogen-bond donors (Lipinski definition) is 4. The third-order valence-electron chi connectivity index (χ3n) is 4.68. The number of likely N-dealkylation sites (tertiary alicyclic amines) is 1. The van der Waals surface area contributed by atoms with Crippen LogP contribution in [-0.4, -0.2) is 63.5 Å². The molecule has 2 atom stereocenters. The van der Waals surface area contributed by atoms with Crippen molar-refractivity contribution in [2.45, 2.75) is 18.9 Å². The van der Waals surface area contributed by atoms with Gasteiger partial charge in [0.1, 0.15) is 11.5 Å². The van der Waals surface area contributed by atoms with Crippen LogP contribution in [0.25, 0.3) is 11.0 Å². The van der Waals surface area contributed by atoms with Crippen LogP contribution in [0.3, 0.4) is 0 Å². The van der Waals surface area contributed by atoms with E-state index in [1.165, 1.54) is 18.2 Å². The third-order valence-corrected chi connectivity index (χ3v) is 4.68. The molecule has 0 saturated carbocycles. The molecule has 140 valence electrons. The van der Waals surface area contributed by atoms with E-state index in [0.717, 1.165) is 0 Å². The topological polar surface area (TPSA) is 119 Å². The minimum atomic E-state index is -1.11. The number of carboxylic acid groups (broad SMARTS) is 1. The number of aromatic nitrogens is 2. The van der Waals surface area contributed by atoms with Crippen LogP contribution in [-0.2, 0) is 6.42 Å². The lowest BCUT2D eigenvalue weighted by molar-refractivity contribution is 0.0278. The number of amides is 1. The van der Waals surface area contributed by atoms with Crippen LogP contribution in [0.15, 0.2) is 23.0 Å². The summed E-state index contributed by atoms with van der Waals surface area (Å²) in [5.74, 6) is -0.624. The zero-order valence-electron chi connectivity index (χ0n) is 14.1. The lowest BCUT2D eigenvalue weighted by Gasteiger charge is -2.36. The van der Waals surface area contributed by atoms with Crippen molar-refractivity contribution < 1.29 is 19.4 Å². The molecule has 2 unspecified atom stereocenters. The van der Waals surface area contributed by atoms with Crippen LogP contribution in [0.1, 0.15) is 12.1 Å². The highest BCUT2D eigenvalue weighted by Gasteiger charge is 2.28. The fraction of sp³-hybridized carbons (Fsp3) is 0.471. The molecular formula is C17H21FN4O4. The smallest absolute Gasteiger partial charge is 0.404 e. The molecule has 1 aliphatic rings. The Morgan fingerprint density at radius 3 is 3.04 bits per heavy atom. The second kappa shape index (κ2) is 7.79. The van der Waals surface area contributed by atoms with Gasteiger partial charge in [-0.25, -0.2) is 14.2 Å². The first-order chi connectivity index (χ1) is 12.4. The van der Waals surface area contributed by atoms with Crippen LogP contribution in [0.2, 0.25) is 0 Å². The van der Waals surface area contributed by atoms with Crippen LogP contribution in [0, 0.1) is 11.7 Å². The number of halogens is 1. The molecule has 26 heavy (non-hydrogen) atoms. The maximum absolute atomic E-state index is 13.2. The van der Waals surface area contributed by atoms with Crippen molar-refractivity contribution in [1.29, 1.82) is 0 Å². The van der Waals surface area contributed by atoms with Gasteiger partial charge < -0.3 is 25.4 Å². The Balaban J connectivity index is 1.64. The SMILES string of the molecule is O=C(O)NCC1CN(CCc2nc3ccc(F)cc3[nH]c2=O)CCC1O. The highest BCUT2D eigenvalue weighted by molar-refractivity contribution is 5.73. The molecule has 8 nitrogen and oxygen atoms in total. The summed E-state index contributed by atoms with van der Waals surface area (Å²) in [5.41, 5.74) is 0.915. The van der Waals surface area contributed by atoms with E-state index >= 15 is 0 Å². The fourth-order valence-electron chi connectivity index (χ4n) is 3.25. The number of rotatable bonds is 5. The van der Waals surface area contributed by atoms with Crippen LogP contribution < -0.4 is 10.9 Å². The first kappa shape index (κ1) is 18.3. The van der Waals surface area contributed by atoms with Gasteiger partial charge in [-0.05, 0) is 24.6 Å². The normalized spacial score (nSPS) is 21.0. The molecule has 9 heteroatoms. The number of hydrogen-bond acceptors (Lipinski definition) is 5. The first-order valence-corrected chi connectivity index (χ1v) is 8.48. The molecule has 1 saturated heterocycles. The summed E-state index contributed by atoms with van der Waals surface area (Å²) in [6.07, 6.45) is -0.697. The molecular weight excluding hydrogens is 343 g/mol. The van der Waals surface area contributed by atoms with Gasteiger partial charge in [0.15, 0.2) is 0 Å². The molecule has 1 aromatic carbocycles. The summed E-state index contributed by atoms with van der Waals surface area (Å²) in [5, 5.41) is 21.0. The average molecular weight is 364 g/mol. The van der Waals surface area contributed by atoms with Crippen molar-refractivity contribution in [3.05, 3.63) is 40.1 Å². The third kappa shape index (κ3) is 4.36. The Bertz CT molecular complexity index is 856. The fourth-order valence-corrected chi connectivity index (χ4v) is 3.25. The number of benzene rings is 1. The quantitative estimate of drug-likeness (QED) is 0.615. The largest absolute Gasteiger partial charge is 0.465 e. The summed E-state index contributed by atoms with van der Waals surface area (Å²) in [7, 11) is 0. The van der Waals surface area contributed by atoms with Crippen LogP contribution in [0.5, 0.6) is 0 Å². The van der Waals surface area contributed by atoms with Gasteiger partial charge in [-0.3, -0.25) is 4.79 Å². The summed E-state index contributed by atoms with van der Waals surface area (Å²) in [6.45, 7) is 1.96. The number of aromatic amines is 1. The molecule has 1 aromatic heterocycles. The lowest BCUT2D eigenvalue weighted by Crippen LogP contribution is -2.48. The minimum Gasteiger partial charge on any atom is -0.465 e. The molecule has 4 N–H and O–H groups in total. The Labute approximate surface area is 148 Å². The molecule has 1 fully saturated rings. The van der Waals surface area contributed by atoms with Crippen molar-refractivity contribution in [2.75, 3.05) is 26.2 Å². The zero-order chi connectivity index (χ0) is 18.7. The number of carbonyl (C=O) groups is 1. The van der Waals surface area contributed by atoms with Gasteiger partial charge in [0.2, 0.25) is 0 Å². The van der Waals surface area contributed by atoms with Gasteiger partial charge >= 0.3 is 6.09 Å². The number of nitrogens with one attached hydrogen (secondary N) is 2. The Morgan fingerprint density at radius 1 is 1.46 bits per heavy atom. The highest BCUT2D eigenvalue weighted by Crippen LogP contribution is 2.17. The molecule has 0 bridgehead atoms. The van der Waals surface area contributed by atoms with E-state index < -0.39 is 18.0 Å². The summed E-state index contributed by atoms with van der Waals surface area (Å²) in [4.78, 5) is 31.8. The van der Waals surface area contributed by atoms with E-state index in [-0.39, 0.29) is 18.0 Å². The van der Waals surface area contributed by atoms with Gasteiger partial charge in [0, 0.05) is 38.5 Å². The molecule has 2 heterocycles. The van der Waals surface area contributed by atoms with E-state index in [1.54, 1.807) is 0 Å². The summed E-state index contributed by atoms with van der Waals surface area (Å²) >= 11 is 0. The number of piperidine rings is 1. The molecule has 3 rings (SSSR count). The second-order valence-electron chi connectivity index (χ2n) is 6.53. The molecule has 2 aromatic rings. The molecule has 1 amide bonds. The molecule has 0 radical (unpaired) electrons. The highest BCUT2D eigenvalue weighted by atomic mass is 19.1. The lowest BCUT2D eigenvalue weighted by atomic mass is 9.94. The average Bonchev–Trinajstić information content (AvgIpc) is 2.59. The maximum Gasteiger partial charge on any atom is 0.404 e. The standard InChI is InChI=1S/C17H21FN4O4/c18-11-1-2-12-14(7-11)21-16(24)13(20-12)3-5-22-6-4-15(23)10(9-22)8-19-17(25)26/h1-2,7,10,15,19,23H,3-6,8-9H2,(H,21,24)(H,25,26). The Hall–Kier alpha value is -2.52. The van der Waals surface area contributed by atoms with Crippen LogP contribution in [0.4, 0.5) is 9.18 Å². The molecule has 0 aliphatic carbocycles. The van der Waals surface area contributed by atoms with E-state index in [2.05, 4.69) is 20.2 Å². The Morgan fingerprint density at radius 2 is 2.27 bits per heavy atom. The van der Waals surface area contributed by atoms with Crippen molar-refractivity contribution in [2.24, 2.45) is 5.92 Å².